The number of anilines is 1. The molecule has 1 aliphatic heterocycles. The number of para-hydroxylation sites is 1. The van der Waals surface area contributed by atoms with Gasteiger partial charge < -0.3 is 15.5 Å². The van der Waals surface area contributed by atoms with Crippen molar-refractivity contribution in [2.75, 3.05) is 57.3 Å². The summed E-state index contributed by atoms with van der Waals surface area (Å²) >= 11 is 5.84. The second-order valence-corrected chi connectivity index (χ2v) is 7.83. The fourth-order valence-corrected chi connectivity index (χ4v) is 3.69. The van der Waals surface area contributed by atoms with Crippen LogP contribution in [0.5, 0.6) is 0 Å². The summed E-state index contributed by atoms with van der Waals surface area (Å²) in [6.07, 6.45) is 3.79. The van der Waals surface area contributed by atoms with Crippen molar-refractivity contribution in [3.8, 4) is 0 Å². The molecule has 0 unspecified atom stereocenters. The molecule has 1 aliphatic rings. The highest BCUT2D eigenvalue weighted by Gasteiger charge is 2.16. The molecule has 0 bridgehead atoms. The van der Waals surface area contributed by atoms with Crippen molar-refractivity contribution < 1.29 is 0 Å². The molecule has 2 aromatic rings. The Labute approximate surface area is 208 Å². The number of aliphatic imine (C=N–C) groups is 1. The normalized spacial score (nSPS) is 14.8. The van der Waals surface area contributed by atoms with E-state index in [1.165, 1.54) is 5.69 Å². The lowest BCUT2D eigenvalue weighted by atomic mass is 10.2. The molecule has 1 aromatic carbocycles. The van der Waals surface area contributed by atoms with Crippen LogP contribution in [0.2, 0.25) is 5.15 Å². The number of piperazine rings is 1. The summed E-state index contributed by atoms with van der Waals surface area (Å²) in [5.41, 5.74) is 2.50. The first-order valence-electron chi connectivity index (χ1n) is 10.9. The number of rotatable bonds is 9. The van der Waals surface area contributed by atoms with Gasteiger partial charge in [0.1, 0.15) is 5.15 Å². The highest BCUT2D eigenvalue weighted by atomic mass is 127. The molecule has 2 heterocycles. The zero-order valence-corrected chi connectivity index (χ0v) is 21.4. The lowest BCUT2D eigenvalue weighted by molar-refractivity contribution is 0.256. The van der Waals surface area contributed by atoms with Gasteiger partial charge in [-0.2, -0.15) is 0 Å². The van der Waals surface area contributed by atoms with Crippen molar-refractivity contribution in [3.63, 3.8) is 0 Å². The molecule has 0 radical (unpaired) electrons. The highest BCUT2D eigenvalue weighted by Crippen LogP contribution is 2.15. The number of halogens is 2. The molecule has 0 amide bonds. The Bertz CT molecular complexity index is 763. The summed E-state index contributed by atoms with van der Waals surface area (Å²) in [6, 6.07) is 14.5. The molecule has 0 atom stereocenters. The van der Waals surface area contributed by atoms with Crippen LogP contribution in [0.1, 0.15) is 18.9 Å². The fraction of sp³-hybridized carbons (Fsp3) is 0.478. The van der Waals surface area contributed by atoms with Gasteiger partial charge in [0.15, 0.2) is 5.96 Å². The lowest BCUT2D eigenvalue weighted by Crippen LogP contribution is -2.46. The smallest absolute Gasteiger partial charge is 0.191 e. The molecular weight excluding hydrogens is 523 g/mol. The summed E-state index contributed by atoms with van der Waals surface area (Å²) < 4.78 is 0. The maximum absolute atomic E-state index is 5.84. The van der Waals surface area contributed by atoms with Gasteiger partial charge in [0.2, 0.25) is 0 Å². The Kier molecular flexibility index (Phi) is 12.0. The number of aromatic nitrogens is 1. The maximum Gasteiger partial charge on any atom is 0.191 e. The van der Waals surface area contributed by atoms with Gasteiger partial charge in [-0.1, -0.05) is 35.9 Å². The summed E-state index contributed by atoms with van der Waals surface area (Å²) in [5.74, 6) is 0.883. The average Bonchev–Trinajstić information content (AvgIpc) is 2.79. The number of hydrogen-bond acceptors (Lipinski definition) is 4. The second kappa shape index (κ2) is 14.5. The molecule has 0 spiro atoms. The van der Waals surface area contributed by atoms with E-state index >= 15 is 0 Å². The third-order valence-corrected chi connectivity index (χ3v) is 5.46. The van der Waals surface area contributed by atoms with E-state index in [2.05, 4.69) is 62.7 Å². The van der Waals surface area contributed by atoms with E-state index in [-0.39, 0.29) is 24.0 Å². The van der Waals surface area contributed by atoms with Crippen LogP contribution in [0.3, 0.4) is 0 Å². The molecule has 0 aliphatic carbocycles. The fourth-order valence-electron chi connectivity index (χ4n) is 3.57. The zero-order chi connectivity index (χ0) is 21.0. The van der Waals surface area contributed by atoms with Crippen LogP contribution in [0.25, 0.3) is 0 Å². The molecule has 1 fully saturated rings. The van der Waals surface area contributed by atoms with E-state index < -0.39 is 0 Å². The molecule has 1 saturated heterocycles. The van der Waals surface area contributed by atoms with E-state index in [0.717, 1.165) is 76.7 Å². The first kappa shape index (κ1) is 25.7. The largest absolute Gasteiger partial charge is 0.369 e. The zero-order valence-electron chi connectivity index (χ0n) is 18.3. The quantitative estimate of drug-likeness (QED) is 0.162. The number of pyridine rings is 1. The molecule has 0 saturated carbocycles. The van der Waals surface area contributed by atoms with Crippen molar-refractivity contribution in [3.05, 3.63) is 59.4 Å². The summed E-state index contributed by atoms with van der Waals surface area (Å²) in [4.78, 5) is 13.9. The van der Waals surface area contributed by atoms with Crippen LogP contribution in [0.15, 0.2) is 53.7 Å². The molecule has 1 aromatic heterocycles. The van der Waals surface area contributed by atoms with Crippen LogP contribution in [-0.4, -0.2) is 68.2 Å². The number of guanidine groups is 1. The van der Waals surface area contributed by atoms with Crippen molar-refractivity contribution in [2.45, 2.75) is 19.8 Å². The molecule has 170 valence electrons. The van der Waals surface area contributed by atoms with Gasteiger partial charge in [0.05, 0.1) is 0 Å². The van der Waals surface area contributed by atoms with Gasteiger partial charge in [-0.25, -0.2) is 4.98 Å². The van der Waals surface area contributed by atoms with Crippen LogP contribution in [-0.2, 0) is 6.42 Å². The minimum absolute atomic E-state index is 0. The first-order chi connectivity index (χ1) is 14.7. The minimum atomic E-state index is 0. The van der Waals surface area contributed by atoms with Gasteiger partial charge in [0, 0.05) is 64.2 Å². The SMILES string of the molecule is CCNC(=NCCCN1CCN(c2ccccc2)CC1)NCCc1ccc(Cl)nc1.I. The Hall–Kier alpha value is -1.58. The van der Waals surface area contributed by atoms with Crippen molar-refractivity contribution in [2.24, 2.45) is 4.99 Å². The third kappa shape index (κ3) is 9.21. The monoisotopic (exact) mass is 556 g/mol. The Balaban J connectivity index is 0.00000341. The Morgan fingerprint density at radius 2 is 1.84 bits per heavy atom. The summed E-state index contributed by atoms with van der Waals surface area (Å²) in [6.45, 7) is 10.1. The van der Waals surface area contributed by atoms with E-state index in [9.17, 15) is 0 Å². The van der Waals surface area contributed by atoms with Gasteiger partial charge in [-0.05, 0) is 43.5 Å². The van der Waals surface area contributed by atoms with Crippen LogP contribution in [0, 0.1) is 0 Å². The maximum atomic E-state index is 5.84. The van der Waals surface area contributed by atoms with E-state index in [1.54, 1.807) is 0 Å². The predicted octanol–water partition coefficient (Wildman–Crippen LogP) is 3.66. The Morgan fingerprint density at radius 1 is 1.06 bits per heavy atom. The van der Waals surface area contributed by atoms with Crippen molar-refractivity contribution in [1.82, 2.24) is 20.5 Å². The molecule has 8 heteroatoms. The standard InChI is InChI=1S/C23H33ClN6.HI/c1-2-25-23(27-13-11-20-9-10-22(24)28-19-20)26-12-6-14-29-15-17-30(18-16-29)21-7-4-3-5-8-21;/h3-5,7-10,19H,2,6,11-18H2,1H3,(H2,25,26,27);1H. The first-order valence-corrected chi connectivity index (χ1v) is 11.3. The molecule has 3 rings (SSSR count). The Morgan fingerprint density at radius 3 is 2.52 bits per heavy atom. The number of benzene rings is 1. The van der Waals surface area contributed by atoms with Crippen molar-refractivity contribution >= 4 is 47.2 Å². The van der Waals surface area contributed by atoms with Gasteiger partial charge in [0.25, 0.3) is 0 Å². The van der Waals surface area contributed by atoms with E-state index in [0.29, 0.717) is 5.15 Å². The van der Waals surface area contributed by atoms with Crippen molar-refractivity contribution in [1.29, 1.82) is 0 Å². The van der Waals surface area contributed by atoms with E-state index in [1.807, 2.05) is 18.3 Å². The van der Waals surface area contributed by atoms with Gasteiger partial charge in [-0.15, -0.1) is 24.0 Å². The summed E-state index contributed by atoms with van der Waals surface area (Å²) in [7, 11) is 0. The number of hydrogen-bond donors (Lipinski definition) is 2. The topological polar surface area (TPSA) is 55.8 Å². The third-order valence-electron chi connectivity index (χ3n) is 5.23. The van der Waals surface area contributed by atoms with Crippen LogP contribution in [0.4, 0.5) is 5.69 Å². The second-order valence-electron chi connectivity index (χ2n) is 7.44. The molecule has 2 N–H and O–H groups in total. The molecule has 6 nitrogen and oxygen atoms in total. The average molecular weight is 557 g/mol. The molecule has 31 heavy (non-hydrogen) atoms. The number of nitrogens with one attached hydrogen (secondary N) is 2. The minimum Gasteiger partial charge on any atom is -0.369 e. The van der Waals surface area contributed by atoms with Crippen LogP contribution < -0.4 is 15.5 Å². The number of nitrogens with zero attached hydrogens (tertiary/aromatic N) is 4. The van der Waals surface area contributed by atoms with Crippen LogP contribution >= 0.6 is 35.6 Å². The predicted molar refractivity (Wildman–Crippen MR) is 142 cm³/mol. The van der Waals surface area contributed by atoms with Gasteiger partial charge in [-0.3, -0.25) is 9.89 Å². The summed E-state index contributed by atoms with van der Waals surface area (Å²) in [5, 5.41) is 7.26. The molecular formula is C23H34ClIN6. The van der Waals surface area contributed by atoms with Gasteiger partial charge >= 0.3 is 0 Å². The lowest BCUT2D eigenvalue weighted by Gasteiger charge is -2.36. The van der Waals surface area contributed by atoms with E-state index in [4.69, 9.17) is 16.6 Å². The highest BCUT2D eigenvalue weighted by molar-refractivity contribution is 14.0.